The standard InChI is InChI=1S/C14H23N3O/c1-9(14-10(2)16-18-11(14)3)15-13-5-7-17-6-4-12(13)8-17/h9,12-13,15H,4-8H2,1-3H3. The minimum absolute atomic E-state index is 0.341. The van der Waals surface area contributed by atoms with Crippen LogP contribution in [-0.4, -0.2) is 35.7 Å². The highest BCUT2D eigenvalue weighted by Gasteiger charge is 2.35. The van der Waals surface area contributed by atoms with Gasteiger partial charge in [-0.2, -0.15) is 0 Å². The summed E-state index contributed by atoms with van der Waals surface area (Å²) in [5.41, 5.74) is 2.27. The highest BCUT2D eigenvalue weighted by molar-refractivity contribution is 5.24. The molecule has 1 aromatic rings. The lowest BCUT2D eigenvalue weighted by Crippen LogP contribution is -2.44. The molecule has 1 N–H and O–H groups in total. The van der Waals surface area contributed by atoms with Crippen LogP contribution in [-0.2, 0) is 0 Å². The average molecular weight is 249 g/mol. The van der Waals surface area contributed by atoms with Crippen molar-refractivity contribution in [1.82, 2.24) is 15.4 Å². The number of aromatic nitrogens is 1. The van der Waals surface area contributed by atoms with Gasteiger partial charge in [0.25, 0.3) is 0 Å². The van der Waals surface area contributed by atoms with Crippen LogP contribution in [0.5, 0.6) is 0 Å². The second-order valence-electron chi connectivity index (χ2n) is 5.87. The summed E-state index contributed by atoms with van der Waals surface area (Å²) in [7, 11) is 0. The quantitative estimate of drug-likeness (QED) is 0.890. The molecule has 1 aromatic heterocycles. The molecule has 0 aliphatic carbocycles. The summed E-state index contributed by atoms with van der Waals surface area (Å²) < 4.78 is 5.27. The number of nitrogens with zero attached hydrogens (tertiary/aromatic N) is 2. The maximum absolute atomic E-state index is 5.27. The molecular weight excluding hydrogens is 226 g/mol. The number of nitrogens with one attached hydrogen (secondary N) is 1. The minimum Gasteiger partial charge on any atom is -0.361 e. The van der Waals surface area contributed by atoms with Crippen LogP contribution in [0.25, 0.3) is 0 Å². The van der Waals surface area contributed by atoms with Gasteiger partial charge in [-0.1, -0.05) is 5.16 Å². The Morgan fingerprint density at radius 3 is 2.83 bits per heavy atom. The van der Waals surface area contributed by atoms with Gasteiger partial charge in [-0.05, 0) is 52.6 Å². The second kappa shape index (κ2) is 4.67. The van der Waals surface area contributed by atoms with Crippen molar-refractivity contribution >= 4 is 0 Å². The molecule has 4 heteroatoms. The molecule has 3 heterocycles. The van der Waals surface area contributed by atoms with Gasteiger partial charge in [-0.15, -0.1) is 0 Å². The molecule has 4 atom stereocenters. The largest absolute Gasteiger partial charge is 0.361 e. The zero-order valence-corrected chi connectivity index (χ0v) is 11.6. The molecule has 4 unspecified atom stereocenters. The molecule has 0 spiro atoms. The monoisotopic (exact) mass is 249 g/mol. The van der Waals surface area contributed by atoms with Crippen molar-refractivity contribution in [3.8, 4) is 0 Å². The molecule has 0 saturated carbocycles. The van der Waals surface area contributed by atoms with E-state index in [1.807, 2.05) is 13.8 Å². The van der Waals surface area contributed by atoms with E-state index in [0.29, 0.717) is 12.1 Å². The van der Waals surface area contributed by atoms with E-state index >= 15 is 0 Å². The van der Waals surface area contributed by atoms with Crippen molar-refractivity contribution in [3.63, 3.8) is 0 Å². The van der Waals surface area contributed by atoms with Gasteiger partial charge in [0.15, 0.2) is 0 Å². The zero-order chi connectivity index (χ0) is 12.7. The molecule has 2 aliphatic heterocycles. The zero-order valence-electron chi connectivity index (χ0n) is 11.6. The molecule has 2 bridgehead atoms. The number of aryl methyl sites for hydroxylation is 2. The molecule has 0 aromatic carbocycles. The van der Waals surface area contributed by atoms with Crippen molar-refractivity contribution in [2.45, 2.75) is 45.7 Å². The molecule has 2 fully saturated rings. The van der Waals surface area contributed by atoms with Crippen molar-refractivity contribution in [3.05, 3.63) is 17.0 Å². The Bertz CT molecular complexity index is 409. The fourth-order valence-electron chi connectivity index (χ4n) is 3.68. The molecule has 2 aliphatic rings. The number of fused-ring (bicyclic) bond motifs is 2. The lowest BCUT2D eigenvalue weighted by molar-refractivity contribution is 0.212. The van der Waals surface area contributed by atoms with Crippen molar-refractivity contribution in [2.24, 2.45) is 5.92 Å². The Hall–Kier alpha value is -0.870. The molecule has 100 valence electrons. The Morgan fingerprint density at radius 2 is 2.11 bits per heavy atom. The van der Waals surface area contributed by atoms with Gasteiger partial charge in [0.2, 0.25) is 0 Å². The summed E-state index contributed by atoms with van der Waals surface area (Å²) in [6.07, 6.45) is 2.63. The highest BCUT2D eigenvalue weighted by Crippen LogP contribution is 2.30. The number of hydrogen-bond acceptors (Lipinski definition) is 4. The first-order chi connectivity index (χ1) is 8.65. The topological polar surface area (TPSA) is 41.3 Å². The third-order valence-electron chi connectivity index (χ3n) is 4.62. The summed E-state index contributed by atoms with van der Waals surface area (Å²) in [4.78, 5) is 2.59. The van der Waals surface area contributed by atoms with E-state index in [1.165, 1.54) is 38.0 Å². The molecule has 0 amide bonds. The lowest BCUT2D eigenvalue weighted by Gasteiger charge is -2.33. The SMILES string of the molecule is Cc1noc(C)c1C(C)NC1CCN2CCC1C2. The molecule has 4 nitrogen and oxygen atoms in total. The average Bonchev–Trinajstić information content (AvgIpc) is 2.88. The van der Waals surface area contributed by atoms with E-state index < -0.39 is 0 Å². The molecule has 2 saturated heterocycles. The third kappa shape index (κ3) is 2.08. The smallest absolute Gasteiger partial charge is 0.138 e. The summed E-state index contributed by atoms with van der Waals surface area (Å²) in [5.74, 6) is 1.79. The number of rotatable bonds is 3. The van der Waals surface area contributed by atoms with Gasteiger partial charge in [-0.25, -0.2) is 0 Å². The third-order valence-corrected chi connectivity index (χ3v) is 4.62. The van der Waals surface area contributed by atoms with E-state index in [1.54, 1.807) is 0 Å². The van der Waals surface area contributed by atoms with Gasteiger partial charge >= 0.3 is 0 Å². The van der Waals surface area contributed by atoms with Crippen LogP contribution in [0.3, 0.4) is 0 Å². The Morgan fingerprint density at radius 1 is 1.33 bits per heavy atom. The van der Waals surface area contributed by atoms with Crippen molar-refractivity contribution in [1.29, 1.82) is 0 Å². The van der Waals surface area contributed by atoms with Crippen LogP contribution in [0.1, 0.15) is 42.8 Å². The van der Waals surface area contributed by atoms with Crippen LogP contribution in [0.4, 0.5) is 0 Å². The lowest BCUT2D eigenvalue weighted by atomic mass is 9.92. The summed E-state index contributed by atoms with van der Waals surface area (Å²) >= 11 is 0. The van der Waals surface area contributed by atoms with E-state index in [-0.39, 0.29) is 0 Å². The Balaban J connectivity index is 1.69. The summed E-state index contributed by atoms with van der Waals surface area (Å²) in [6, 6.07) is 1.00. The molecule has 3 rings (SSSR count). The first kappa shape index (κ1) is 12.2. The van der Waals surface area contributed by atoms with Crippen LogP contribution in [0.2, 0.25) is 0 Å². The van der Waals surface area contributed by atoms with Gasteiger partial charge in [0, 0.05) is 24.2 Å². The van der Waals surface area contributed by atoms with Gasteiger partial charge < -0.3 is 14.7 Å². The van der Waals surface area contributed by atoms with Crippen LogP contribution >= 0.6 is 0 Å². The van der Waals surface area contributed by atoms with Gasteiger partial charge in [0.05, 0.1) is 5.69 Å². The van der Waals surface area contributed by atoms with E-state index in [0.717, 1.165) is 17.4 Å². The van der Waals surface area contributed by atoms with E-state index in [2.05, 4.69) is 22.3 Å². The first-order valence-electron chi connectivity index (χ1n) is 7.06. The first-order valence-corrected chi connectivity index (χ1v) is 7.06. The van der Waals surface area contributed by atoms with E-state index in [9.17, 15) is 0 Å². The number of hydrogen-bond donors (Lipinski definition) is 1. The summed E-state index contributed by atoms with van der Waals surface area (Å²) in [5, 5.41) is 7.86. The van der Waals surface area contributed by atoms with Crippen molar-refractivity contribution < 1.29 is 4.52 Å². The van der Waals surface area contributed by atoms with Crippen LogP contribution in [0, 0.1) is 19.8 Å². The molecular formula is C14H23N3O. The summed E-state index contributed by atoms with van der Waals surface area (Å²) in [6.45, 7) is 10.1. The molecule has 18 heavy (non-hydrogen) atoms. The fraction of sp³-hybridized carbons (Fsp3) is 0.786. The Kier molecular flexibility index (Phi) is 3.16. The number of piperidine rings is 1. The van der Waals surface area contributed by atoms with Crippen molar-refractivity contribution in [2.75, 3.05) is 19.6 Å². The maximum atomic E-state index is 5.27. The predicted molar refractivity (Wildman–Crippen MR) is 70.5 cm³/mol. The van der Waals surface area contributed by atoms with Gasteiger partial charge in [0.1, 0.15) is 5.76 Å². The minimum atomic E-state index is 0.341. The Labute approximate surface area is 109 Å². The maximum Gasteiger partial charge on any atom is 0.138 e. The molecule has 0 radical (unpaired) electrons. The van der Waals surface area contributed by atoms with Gasteiger partial charge in [-0.3, -0.25) is 0 Å². The second-order valence-corrected chi connectivity index (χ2v) is 5.87. The van der Waals surface area contributed by atoms with E-state index in [4.69, 9.17) is 4.52 Å². The highest BCUT2D eigenvalue weighted by atomic mass is 16.5. The fourth-order valence-corrected chi connectivity index (χ4v) is 3.68. The normalized spacial score (nSPS) is 32.7. The predicted octanol–water partition coefficient (Wildman–Crippen LogP) is 2.04. The van der Waals surface area contributed by atoms with Crippen LogP contribution in [0.15, 0.2) is 4.52 Å². The van der Waals surface area contributed by atoms with Crippen LogP contribution < -0.4 is 5.32 Å².